The number of likely N-dealkylation sites (tertiary alicyclic amines) is 1. The lowest BCUT2D eigenvalue weighted by molar-refractivity contribution is 0.0167. The first-order valence-corrected chi connectivity index (χ1v) is 7.45. The minimum Gasteiger partial charge on any atom is -0.393 e. The van der Waals surface area contributed by atoms with Crippen LogP contribution < -0.4 is 5.73 Å². The van der Waals surface area contributed by atoms with Crippen molar-refractivity contribution in [3.8, 4) is 0 Å². The van der Waals surface area contributed by atoms with Crippen molar-refractivity contribution in [2.24, 2.45) is 17.1 Å². The smallest absolute Gasteiger partial charge is 0.0541 e. The molecule has 0 aromatic heterocycles. The molecule has 0 radical (unpaired) electrons. The lowest BCUT2D eigenvalue weighted by Crippen LogP contribution is -2.56. The van der Waals surface area contributed by atoms with Crippen molar-refractivity contribution in [3.05, 3.63) is 0 Å². The number of aliphatic hydroxyl groups is 1. The molecule has 0 aromatic carbocycles. The third-order valence-corrected chi connectivity index (χ3v) is 4.41. The summed E-state index contributed by atoms with van der Waals surface area (Å²) >= 11 is 0. The van der Waals surface area contributed by atoms with Gasteiger partial charge in [0.15, 0.2) is 0 Å². The molecule has 3 N–H and O–H groups in total. The Labute approximate surface area is 113 Å². The number of nitrogens with two attached hydrogens (primary N) is 1. The SMILES string of the molecule is CCC(N)C(N1CCC(C(C)O)CC1)C(C)(C)C. The van der Waals surface area contributed by atoms with E-state index in [0.717, 1.165) is 32.4 Å². The van der Waals surface area contributed by atoms with Gasteiger partial charge in [-0.3, -0.25) is 4.90 Å². The molecule has 108 valence electrons. The second-order valence-corrected chi connectivity index (χ2v) is 7.00. The molecule has 0 spiro atoms. The summed E-state index contributed by atoms with van der Waals surface area (Å²) in [6, 6.07) is 0.686. The highest BCUT2D eigenvalue weighted by Gasteiger charge is 2.36. The maximum absolute atomic E-state index is 9.67. The first kappa shape index (κ1) is 15.9. The second-order valence-electron chi connectivity index (χ2n) is 7.00. The topological polar surface area (TPSA) is 49.5 Å². The lowest BCUT2D eigenvalue weighted by atomic mass is 9.79. The Morgan fingerprint density at radius 2 is 1.78 bits per heavy atom. The van der Waals surface area contributed by atoms with E-state index in [1.54, 1.807) is 0 Å². The summed E-state index contributed by atoms with van der Waals surface area (Å²) < 4.78 is 0. The van der Waals surface area contributed by atoms with Crippen LogP contribution in [0.1, 0.15) is 53.9 Å². The monoisotopic (exact) mass is 256 g/mol. The van der Waals surface area contributed by atoms with Crippen LogP contribution in [0.3, 0.4) is 0 Å². The molecule has 1 heterocycles. The van der Waals surface area contributed by atoms with E-state index in [1.807, 2.05) is 6.92 Å². The van der Waals surface area contributed by atoms with Crippen LogP contribution in [-0.4, -0.2) is 41.3 Å². The fourth-order valence-electron chi connectivity index (χ4n) is 3.36. The summed E-state index contributed by atoms with van der Waals surface area (Å²) in [4.78, 5) is 2.55. The molecule has 18 heavy (non-hydrogen) atoms. The first-order valence-electron chi connectivity index (χ1n) is 7.45. The molecule has 1 saturated heterocycles. The Balaban J connectivity index is 2.67. The lowest BCUT2D eigenvalue weighted by Gasteiger charge is -2.46. The zero-order valence-electron chi connectivity index (χ0n) is 12.8. The number of rotatable bonds is 4. The zero-order chi connectivity index (χ0) is 13.9. The van der Waals surface area contributed by atoms with Gasteiger partial charge < -0.3 is 10.8 Å². The predicted molar refractivity (Wildman–Crippen MR) is 77.5 cm³/mol. The van der Waals surface area contributed by atoms with E-state index < -0.39 is 0 Å². The third kappa shape index (κ3) is 3.94. The van der Waals surface area contributed by atoms with Crippen molar-refractivity contribution >= 4 is 0 Å². The molecule has 3 atom stereocenters. The molecule has 3 unspecified atom stereocenters. The molecule has 0 saturated carbocycles. The third-order valence-electron chi connectivity index (χ3n) is 4.41. The van der Waals surface area contributed by atoms with Gasteiger partial charge in [-0.15, -0.1) is 0 Å². The minimum absolute atomic E-state index is 0.167. The highest BCUT2D eigenvalue weighted by molar-refractivity contribution is 4.92. The van der Waals surface area contributed by atoms with Crippen LogP contribution in [0.2, 0.25) is 0 Å². The largest absolute Gasteiger partial charge is 0.393 e. The van der Waals surface area contributed by atoms with Gasteiger partial charge in [0.1, 0.15) is 0 Å². The number of piperidine rings is 1. The Kier molecular flexibility index (Phi) is 5.63. The van der Waals surface area contributed by atoms with E-state index in [1.165, 1.54) is 0 Å². The van der Waals surface area contributed by atoms with Crippen molar-refractivity contribution < 1.29 is 5.11 Å². The summed E-state index contributed by atoms with van der Waals surface area (Å²) in [5.41, 5.74) is 6.55. The van der Waals surface area contributed by atoms with Gasteiger partial charge in [0, 0.05) is 12.1 Å². The Morgan fingerprint density at radius 1 is 1.28 bits per heavy atom. The summed E-state index contributed by atoms with van der Waals surface area (Å²) in [5, 5.41) is 9.67. The average molecular weight is 256 g/mol. The summed E-state index contributed by atoms with van der Waals surface area (Å²) in [6.45, 7) is 13.1. The van der Waals surface area contributed by atoms with E-state index in [2.05, 4.69) is 32.6 Å². The molecule has 0 aliphatic carbocycles. The van der Waals surface area contributed by atoms with Crippen LogP contribution in [-0.2, 0) is 0 Å². The first-order chi connectivity index (χ1) is 8.27. The highest BCUT2D eigenvalue weighted by Crippen LogP contribution is 2.31. The molecule has 0 bridgehead atoms. The molecular formula is C15H32N2O. The van der Waals surface area contributed by atoms with Gasteiger partial charge in [0.2, 0.25) is 0 Å². The van der Waals surface area contributed by atoms with E-state index in [0.29, 0.717) is 12.0 Å². The predicted octanol–water partition coefficient (Wildman–Crippen LogP) is 2.23. The maximum Gasteiger partial charge on any atom is 0.0541 e. The van der Waals surface area contributed by atoms with Gasteiger partial charge in [-0.25, -0.2) is 0 Å². The molecular weight excluding hydrogens is 224 g/mol. The maximum atomic E-state index is 9.67. The second kappa shape index (κ2) is 6.36. The van der Waals surface area contributed by atoms with Crippen molar-refractivity contribution in [1.29, 1.82) is 0 Å². The molecule has 0 aromatic rings. The molecule has 1 aliphatic heterocycles. The fourth-order valence-corrected chi connectivity index (χ4v) is 3.36. The standard InChI is InChI=1S/C15H32N2O/c1-6-13(16)14(15(3,4)5)17-9-7-12(8-10-17)11(2)18/h11-14,18H,6-10,16H2,1-5H3. The van der Waals surface area contributed by atoms with Gasteiger partial charge in [-0.2, -0.15) is 0 Å². The molecule has 1 aliphatic rings. The average Bonchev–Trinajstić information content (AvgIpc) is 2.27. The molecule has 1 fully saturated rings. The molecule has 3 nitrogen and oxygen atoms in total. The van der Waals surface area contributed by atoms with Crippen molar-refractivity contribution in [1.82, 2.24) is 4.90 Å². The van der Waals surface area contributed by atoms with Gasteiger partial charge in [-0.1, -0.05) is 27.7 Å². The number of hydrogen-bond donors (Lipinski definition) is 2. The summed E-state index contributed by atoms with van der Waals surface area (Å²) in [7, 11) is 0. The fraction of sp³-hybridized carbons (Fsp3) is 1.00. The van der Waals surface area contributed by atoms with E-state index >= 15 is 0 Å². The van der Waals surface area contributed by atoms with Gasteiger partial charge in [0.05, 0.1) is 6.10 Å². The Bertz CT molecular complexity index is 239. The summed E-state index contributed by atoms with van der Waals surface area (Å²) in [5.74, 6) is 0.472. The Hall–Kier alpha value is -0.120. The van der Waals surface area contributed by atoms with E-state index in [4.69, 9.17) is 5.73 Å². The number of nitrogens with zero attached hydrogens (tertiary/aromatic N) is 1. The van der Waals surface area contributed by atoms with E-state index in [-0.39, 0.29) is 17.6 Å². The number of hydrogen-bond acceptors (Lipinski definition) is 3. The van der Waals surface area contributed by atoms with Crippen LogP contribution in [0.5, 0.6) is 0 Å². The minimum atomic E-state index is -0.167. The van der Waals surface area contributed by atoms with Gasteiger partial charge >= 0.3 is 0 Å². The van der Waals surface area contributed by atoms with Gasteiger partial charge in [-0.05, 0) is 50.6 Å². The normalized spacial score (nSPS) is 24.8. The van der Waals surface area contributed by atoms with Crippen LogP contribution in [0, 0.1) is 11.3 Å². The Morgan fingerprint density at radius 3 is 2.11 bits per heavy atom. The van der Waals surface area contributed by atoms with E-state index in [9.17, 15) is 5.11 Å². The van der Waals surface area contributed by atoms with Crippen LogP contribution >= 0.6 is 0 Å². The van der Waals surface area contributed by atoms with Crippen LogP contribution in [0.25, 0.3) is 0 Å². The summed E-state index contributed by atoms with van der Waals surface area (Å²) in [6.07, 6.45) is 3.06. The van der Waals surface area contributed by atoms with Crippen molar-refractivity contribution in [3.63, 3.8) is 0 Å². The van der Waals surface area contributed by atoms with Crippen molar-refractivity contribution in [2.45, 2.75) is 72.1 Å². The number of aliphatic hydroxyl groups excluding tert-OH is 1. The quantitative estimate of drug-likeness (QED) is 0.811. The molecule has 1 rings (SSSR count). The zero-order valence-corrected chi connectivity index (χ0v) is 12.8. The van der Waals surface area contributed by atoms with Crippen molar-refractivity contribution in [2.75, 3.05) is 13.1 Å². The van der Waals surface area contributed by atoms with Crippen LogP contribution in [0.4, 0.5) is 0 Å². The van der Waals surface area contributed by atoms with Crippen LogP contribution in [0.15, 0.2) is 0 Å². The molecule has 0 amide bonds. The van der Waals surface area contributed by atoms with Gasteiger partial charge in [0.25, 0.3) is 0 Å². The molecule has 3 heteroatoms. The highest BCUT2D eigenvalue weighted by atomic mass is 16.3.